The summed E-state index contributed by atoms with van der Waals surface area (Å²) in [6, 6.07) is 11.6. The number of imidazole rings is 1. The maximum absolute atomic E-state index is 13.7. The number of hydrogen-bond acceptors (Lipinski definition) is 7. The van der Waals surface area contributed by atoms with Crippen LogP contribution in [0.3, 0.4) is 0 Å². The third kappa shape index (κ3) is 4.53. The third-order valence-electron chi connectivity index (χ3n) is 4.80. The summed E-state index contributed by atoms with van der Waals surface area (Å²) in [5, 5.41) is 0. The summed E-state index contributed by atoms with van der Waals surface area (Å²) in [5.41, 5.74) is 9.88. The number of nitrogens with two attached hydrogens (primary N) is 1. The SMILES string of the molecule is COC(=O)c1ccc(CCc2cccc(Cn3c(Br)nc4c(N)nc(F)nc43)c2)nc1. The first-order valence-corrected chi connectivity index (χ1v) is 10.2. The van der Waals surface area contributed by atoms with Crippen molar-refractivity contribution in [2.75, 3.05) is 12.8 Å². The van der Waals surface area contributed by atoms with Gasteiger partial charge in [0.2, 0.25) is 0 Å². The monoisotopic (exact) mass is 484 g/mol. The fourth-order valence-corrected chi connectivity index (χ4v) is 3.73. The largest absolute Gasteiger partial charge is 0.465 e. The highest BCUT2D eigenvalue weighted by molar-refractivity contribution is 9.10. The summed E-state index contributed by atoms with van der Waals surface area (Å²) in [5.74, 6) is -0.404. The lowest BCUT2D eigenvalue weighted by molar-refractivity contribution is 0.0600. The van der Waals surface area contributed by atoms with Gasteiger partial charge in [-0.15, -0.1) is 0 Å². The maximum Gasteiger partial charge on any atom is 0.339 e. The van der Waals surface area contributed by atoms with Crippen molar-refractivity contribution in [2.45, 2.75) is 19.4 Å². The molecule has 0 aliphatic rings. The van der Waals surface area contributed by atoms with Crippen LogP contribution in [0.2, 0.25) is 0 Å². The molecule has 4 aromatic rings. The van der Waals surface area contributed by atoms with Crippen LogP contribution >= 0.6 is 15.9 Å². The molecule has 0 saturated carbocycles. The molecule has 0 bridgehead atoms. The van der Waals surface area contributed by atoms with E-state index in [1.54, 1.807) is 10.6 Å². The second kappa shape index (κ2) is 8.76. The molecule has 2 N–H and O–H groups in total. The van der Waals surface area contributed by atoms with E-state index in [1.165, 1.54) is 13.3 Å². The number of aromatic nitrogens is 5. The Morgan fingerprint density at radius 1 is 1.16 bits per heavy atom. The van der Waals surface area contributed by atoms with Crippen molar-refractivity contribution < 1.29 is 13.9 Å². The highest BCUT2D eigenvalue weighted by atomic mass is 79.9. The van der Waals surface area contributed by atoms with E-state index in [2.05, 4.69) is 46.7 Å². The van der Waals surface area contributed by atoms with Gasteiger partial charge in [0.25, 0.3) is 0 Å². The number of carbonyl (C=O) groups excluding carboxylic acids is 1. The molecule has 31 heavy (non-hydrogen) atoms. The highest BCUT2D eigenvalue weighted by Gasteiger charge is 2.15. The summed E-state index contributed by atoms with van der Waals surface area (Å²) >= 11 is 3.39. The van der Waals surface area contributed by atoms with Gasteiger partial charge in [0, 0.05) is 11.9 Å². The maximum atomic E-state index is 13.7. The second-order valence-electron chi connectivity index (χ2n) is 6.87. The molecular formula is C21H18BrFN6O2. The zero-order chi connectivity index (χ0) is 22.0. The number of esters is 1. The third-order valence-corrected chi connectivity index (χ3v) is 5.40. The molecule has 0 amide bonds. The number of hydrogen-bond donors (Lipinski definition) is 1. The van der Waals surface area contributed by atoms with Crippen molar-refractivity contribution in [2.24, 2.45) is 0 Å². The number of benzene rings is 1. The molecule has 3 aromatic heterocycles. The van der Waals surface area contributed by atoms with Crippen molar-refractivity contribution >= 4 is 38.9 Å². The summed E-state index contributed by atoms with van der Waals surface area (Å²) in [4.78, 5) is 27.5. The van der Waals surface area contributed by atoms with Crippen LogP contribution in [-0.2, 0) is 24.1 Å². The first-order chi connectivity index (χ1) is 14.9. The Kier molecular flexibility index (Phi) is 5.90. The Morgan fingerprint density at radius 2 is 1.97 bits per heavy atom. The highest BCUT2D eigenvalue weighted by Crippen LogP contribution is 2.23. The van der Waals surface area contributed by atoms with Gasteiger partial charge in [-0.2, -0.15) is 14.4 Å². The lowest BCUT2D eigenvalue weighted by Gasteiger charge is -2.08. The molecule has 1 aromatic carbocycles. The minimum atomic E-state index is -0.891. The minimum Gasteiger partial charge on any atom is -0.465 e. The molecule has 0 unspecified atom stereocenters. The van der Waals surface area contributed by atoms with Gasteiger partial charge in [0.1, 0.15) is 0 Å². The van der Waals surface area contributed by atoms with Crippen molar-refractivity contribution in [3.8, 4) is 0 Å². The van der Waals surface area contributed by atoms with Crippen LogP contribution in [0.1, 0.15) is 27.2 Å². The number of fused-ring (bicyclic) bond motifs is 1. The summed E-state index contributed by atoms with van der Waals surface area (Å²) in [7, 11) is 1.34. The molecule has 0 saturated heterocycles. The van der Waals surface area contributed by atoms with E-state index in [0.717, 1.165) is 29.7 Å². The first-order valence-electron chi connectivity index (χ1n) is 9.40. The molecule has 0 aliphatic carbocycles. The molecule has 0 fully saturated rings. The molecule has 158 valence electrons. The predicted molar refractivity (Wildman–Crippen MR) is 116 cm³/mol. The van der Waals surface area contributed by atoms with E-state index in [9.17, 15) is 9.18 Å². The van der Waals surface area contributed by atoms with E-state index in [-0.39, 0.29) is 5.82 Å². The minimum absolute atomic E-state index is 0.00131. The Hall–Kier alpha value is -3.40. The fraction of sp³-hybridized carbons (Fsp3) is 0.190. The van der Waals surface area contributed by atoms with Crippen LogP contribution < -0.4 is 5.73 Å². The van der Waals surface area contributed by atoms with Crippen molar-refractivity contribution in [1.29, 1.82) is 0 Å². The summed E-state index contributed by atoms with van der Waals surface area (Å²) in [6.07, 6.45) is 2.12. The number of halogens is 2. The summed E-state index contributed by atoms with van der Waals surface area (Å²) in [6.45, 7) is 0.437. The molecule has 0 radical (unpaired) electrons. The Balaban J connectivity index is 1.50. The number of pyridine rings is 1. The Labute approximate surface area is 185 Å². The molecular weight excluding hydrogens is 467 g/mol. The Morgan fingerprint density at radius 3 is 2.71 bits per heavy atom. The van der Waals surface area contributed by atoms with E-state index in [4.69, 9.17) is 5.73 Å². The average molecular weight is 485 g/mol. The quantitative estimate of drug-likeness (QED) is 0.254. The van der Waals surface area contributed by atoms with E-state index in [1.807, 2.05) is 24.3 Å². The number of ether oxygens (including phenoxy) is 1. The standard InChI is InChI=1S/C21H18BrFN6O2/c1-31-19(30)14-6-8-15(25-10-14)7-5-12-3-2-4-13(9-12)11-29-18-16(26-20(29)22)17(24)27-21(23)28-18/h2-4,6,8-10H,5,7,11H2,1H3,(H2,24,27,28). The number of aryl methyl sites for hydroxylation is 2. The van der Waals surface area contributed by atoms with Crippen molar-refractivity contribution in [1.82, 2.24) is 24.5 Å². The van der Waals surface area contributed by atoms with Crippen LogP contribution in [0.5, 0.6) is 0 Å². The molecule has 8 nitrogen and oxygen atoms in total. The number of carbonyl (C=O) groups is 1. The number of methoxy groups -OCH3 is 1. The van der Waals surface area contributed by atoms with Gasteiger partial charge in [-0.25, -0.2) is 9.78 Å². The van der Waals surface area contributed by atoms with Gasteiger partial charge in [-0.3, -0.25) is 9.55 Å². The van der Waals surface area contributed by atoms with Gasteiger partial charge in [0.05, 0.1) is 19.2 Å². The van der Waals surface area contributed by atoms with Crippen LogP contribution in [0.15, 0.2) is 47.3 Å². The smallest absolute Gasteiger partial charge is 0.339 e. The van der Waals surface area contributed by atoms with Crippen LogP contribution in [0.25, 0.3) is 11.2 Å². The second-order valence-corrected chi connectivity index (χ2v) is 7.58. The van der Waals surface area contributed by atoms with Crippen LogP contribution in [-0.4, -0.2) is 37.6 Å². The zero-order valence-corrected chi connectivity index (χ0v) is 18.1. The Bertz CT molecular complexity index is 1260. The predicted octanol–water partition coefficient (Wildman–Crippen LogP) is 3.33. The van der Waals surface area contributed by atoms with Gasteiger partial charge >= 0.3 is 12.0 Å². The van der Waals surface area contributed by atoms with Gasteiger partial charge in [-0.05, 0) is 52.0 Å². The number of nitrogen functional groups attached to an aromatic ring is 1. The molecule has 0 atom stereocenters. The molecule has 3 heterocycles. The molecule has 10 heteroatoms. The molecule has 0 aliphatic heterocycles. The molecule has 4 rings (SSSR count). The van der Waals surface area contributed by atoms with Gasteiger partial charge in [-0.1, -0.05) is 24.3 Å². The lowest BCUT2D eigenvalue weighted by atomic mass is 10.0. The zero-order valence-electron chi connectivity index (χ0n) is 16.5. The average Bonchev–Trinajstić information content (AvgIpc) is 3.08. The van der Waals surface area contributed by atoms with E-state index < -0.39 is 12.0 Å². The summed E-state index contributed by atoms with van der Waals surface area (Å²) < 4.78 is 20.6. The lowest BCUT2D eigenvalue weighted by Crippen LogP contribution is -2.05. The fourth-order valence-electron chi connectivity index (χ4n) is 3.26. The van der Waals surface area contributed by atoms with Crippen molar-refractivity contribution in [3.05, 3.63) is 75.8 Å². The molecule has 0 spiro atoms. The number of anilines is 1. The topological polar surface area (TPSA) is 109 Å². The van der Waals surface area contributed by atoms with Crippen molar-refractivity contribution in [3.63, 3.8) is 0 Å². The van der Waals surface area contributed by atoms with E-state index >= 15 is 0 Å². The van der Waals surface area contributed by atoms with E-state index in [0.29, 0.717) is 28.0 Å². The van der Waals surface area contributed by atoms with Gasteiger partial charge in [0.15, 0.2) is 21.7 Å². The van der Waals surface area contributed by atoms with Gasteiger partial charge < -0.3 is 10.5 Å². The first kappa shape index (κ1) is 20.9. The normalized spacial score (nSPS) is 11.1. The number of rotatable bonds is 6. The van der Waals surface area contributed by atoms with Crippen LogP contribution in [0, 0.1) is 6.08 Å². The van der Waals surface area contributed by atoms with Crippen LogP contribution in [0.4, 0.5) is 10.2 Å². The number of nitrogens with zero attached hydrogens (tertiary/aromatic N) is 5.